The maximum Gasteiger partial charge on any atom is 0.318 e. The topological polar surface area (TPSA) is 111 Å². The number of imide groups is 1. The van der Waals surface area contributed by atoms with E-state index in [0.29, 0.717) is 11.5 Å². The molecule has 0 atom stereocenters. The summed E-state index contributed by atoms with van der Waals surface area (Å²) in [5, 5.41) is 2.46. The number of nitrogens with one attached hydrogen (secondary N) is 1. The first-order chi connectivity index (χ1) is 10.5. The first-order valence-corrected chi connectivity index (χ1v) is 6.71. The Hall–Kier alpha value is -2.61. The molecule has 0 saturated carbocycles. The first kappa shape index (κ1) is 15.8. The van der Waals surface area contributed by atoms with Crippen molar-refractivity contribution >= 4 is 17.7 Å². The molecule has 0 spiro atoms. The van der Waals surface area contributed by atoms with Crippen LogP contribution in [0.1, 0.15) is 12.5 Å². The van der Waals surface area contributed by atoms with Crippen LogP contribution in [-0.4, -0.2) is 42.5 Å². The van der Waals surface area contributed by atoms with Crippen LogP contribution in [0, 0.1) is 0 Å². The maximum atomic E-state index is 11.9. The molecule has 0 unspecified atom stereocenters. The average Bonchev–Trinajstić information content (AvgIpc) is 2.96. The van der Waals surface area contributed by atoms with E-state index in [2.05, 4.69) is 5.32 Å². The summed E-state index contributed by atoms with van der Waals surface area (Å²) in [4.78, 5) is 35.8. The van der Waals surface area contributed by atoms with Gasteiger partial charge in [0, 0.05) is 26.6 Å². The van der Waals surface area contributed by atoms with Crippen molar-refractivity contribution in [3.63, 3.8) is 0 Å². The fraction of sp³-hybridized carbons (Fsp3) is 0.357. The molecule has 118 valence electrons. The van der Waals surface area contributed by atoms with Gasteiger partial charge < -0.3 is 20.5 Å². The molecular weight excluding hydrogens is 290 g/mol. The molecule has 22 heavy (non-hydrogen) atoms. The molecule has 2 rings (SSSR count). The van der Waals surface area contributed by atoms with Crippen LogP contribution < -0.4 is 20.5 Å². The summed E-state index contributed by atoms with van der Waals surface area (Å²) in [6.45, 7) is 1.61. The molecule has 3 N–H and O–H groups in total. The zero-order valence-corrected chi connectivity index (χ0v) is 12.1. The molecule has 8 heteroatoms. The lowest BCUT2D eigenvalue weighted by Crippen LogP contribution is -2.46. The predicted octanol–water partition coefficient (Wildman–Crippen LogP) is -0.635. The van der Waals surface area contributed by atoms with E-state index >= 15 is 0 Å². The van der Waals surface area contributed by atoms with Crippen molar-refractivity contribution in [3.8, 4) is 11.5 Å². The predicted molar refractivity (Wildman–Crippen MR) is 75.9 cm³/mol. The standard InChI is InChI=1S/C14H17N3O5/c1-9(18)17(5-4-15)14(20)13(19)16-7-10-2-3-11-12(6-10)22-8-21-11/h2-3,6H,4-5,7-8,15H2,1H3,(H,16,19). The number of ether oxygens (including phenoxy) is 2. The minimum Gasteiger partial charge on any atom is -0.454 e. The van der Waals surface area contributed by atoms with Gasteiger partial charge >= 0.3 is 11.8 Å². The van der Waals surface area contributed by atoms with Crippen LogP contribution in [0.25, 0.3) is 0 Å². The van der Waals surface area contributed by atoms with Crippen LogP contribution in [0.5, 0.6) is 11.5 Å². The van der Waals surface area contributed by atoms with E-state index < -0.39 is 17.7 Å². The monoisotopic (exact) mass is 307 g/mol. The number of rotatable bonds is 4. The van der Waals surface area contributed by atoms with E-state index in [9.17, 15) is 14.4 Å². The van der Waals surface area contributed by atoms with Gasteiger partial charge in [0.15, 0.2) is 11.5 Å². The van der Waals surface area contributed by atoms with Gasteiger partial charge in [-0.2, -0.15) is 0 Å². The van der Waals surface area contributed by atoms with Gasteiger partial charge in [0.1, 0.15) is 0 Å². The second-order valence-electron chi connectivity index (χ2n) is 4.63. The molecule has 1 aromatic rings. The van der Waals surface area contributed by atoms with Gasteiger partial charge in [0.25, 0.3) is 0 Å². The van der Waals surface area contributed by atoms with Gasteiger partial charge in [-0.15, -0.1) is 0 Å². The zero-order valence-electron chi connectivity index (χ0n) is 12.1. The van der Waals surface area contributed by atoms with Gasteiger partial charge in [-0.05, 0) is 17.7 Å². The smallest absolute Gasteiger partial charge is 0.318 e. The van der Waals surface area contributed by atoms with Gasteiger partial charge in [0.2, 0.25) is 12.7 Å². The number of fused-ring (bicyclic) bond motifs is 1. The number of amides is 3. The maximum absolute atomic E-state index is 11.9. The van der Waals surface area contributed by atoms with E-state index in [0.717, 1.165) is 10.5 Å². The van der Waals surface area contributed by atoms with E-state index in [1.54, 1.807) is 18.2 Å². The minimum absolute atomic E-state index is 0.00557. The number of hydrogen-bond acceptors (Lipinski definition) is 6. The molecule has 0 radical (unpaired) electrons. The molecule has 1 aromatic carbocycles. The Labute approximate surface area is 127 Å². The normalized spacial score (nSPS) is 11.9. The number of nitrogens with two attached hydrogens (primary N) is 1. The summed E-state index contributed by atoms with van der Waals surface area (Å²) in [7, 11) is 0. The van der Waals surface area contributed by atoms with E-state index in [1.165, 1.54) is 6.92 Å². The second-order valence-corrected chi connectivity index (χ2v) is 4.63. The fourth-order valence-electron chi connectivity index (χ4n) is 1.96. The largest absolute Gasteiger partial charge is 0.454 e. The third kappa shape index (κ3) is 3.53. The number of hydrogen-bond donors (Lipinski definition) is 2. The Morgan fingerprint density at radius 2 is 2.00 bits per heavy atom. The number of carbonyl (C=O) groups is 3. The average molecular weight is 307 g/mol. The number of benzene rings is 1. The third-order valence-electron chi connectivity index (χ3n) is 3.06. The highest BCUT2D eigenvalue weighted by molar-refractivity contribution is 6.37. The molecule has 0 aliphatic carbocycles. The Morgan fingerprint density at radius 1 is 1.27 bits per heavy atom. The Morgan fingerprint density at radius 3 is 2.68 bits per heavy atom. The zero-order chi connectivity index (χ0) is 16.1. The van der Waals surface area contributed by atoms with Crippen LogP contribution in [-0.2, 0) is 20.9 Å². The van der Waals surface area contributed by atoms with Gasteiger partial charge in [-0.25, -0.2) is 0 Å². The summed E-state index contributed by atoms with van der Waals surface area (Å²) < 4.78 is 10.4. The van der Waals surface area contributed by atoms with E-state index in [1.807, 2.05) is 0 Å². The van der Waals surface area contributed by atoms with Gasteiger partial charge in [0.05, 0.1) is 0 Å². The summed E-state index contributed by atoms with van der Waals surface area (Å²) in [5.74, 6) is -1.07. The SMILES string of the molecule is CC(=O)N(CCN)C(=O)C(=O)NCc1ccc2c(c1)OCO2. The van der Waals surface area contributed by atoms with Crippen LogP contribution in [0.4, 0.5) is 0 Å². The molecule has 1 heterocycles. The highest BCUT2D eigenvalue weighted by atomic mass is 16.7. The summed E-state index contributed by atoms with van der Waals surface area (Å²) in [6.07, 6.45) is 0. The highest BCUT2D eigenvalue weighted by Crippen LogP contribution is 2.32. The molecular formula is C14H17N3O5. The lowest BCUT2D eigenvalue weighted by Gasteiger charge is -2.17. The summed E-state index contributed by atoms with van der Waals surface area (Å²) >= 11 is 0. The van der Waals surface area contributed by atoms with Crippen LogP contribution in [0.2, 0.25) is 0 Å². The Kier molecular flexibility index (Phi) is 4.95. The number of carbonyl (C=O) groups excluding carboxylic acids is 3. The van der Waals surface area contributed by atoms with Gasteiger partial charge in [-0.1, -0.05) is 6.07 Å². The van der Waals surface area contributed by atoms with Gasteiger partial charge in [-0.3, -0.25) is 19.3 Å². The van der Waals surface area contributed by atoms with Crippen molar-refractivity contribution in [1.29, 1.82) is 0 Å². The van der Waals surface area contributed by atoms with Crippen LogP contribution in [0.3, 0.4) is 0 Å². The Bertz CT molecular complexity index is 602. The minimum atomic E-state index is -0.918. The number of nitrogens with zero attached hydrogens (tertiary/aromatic N) is 1. The lowest BCUT2D eigenvalue weighted by atomic mass is 10.2. The van der Waals surface area contributed by atoms with Crippen LogP contribution >= 0.6 is 0 Å². The van der Waals surface area contributed by atoms with Crippen molar-refractivity contribution in [2.45, 2.75) is 13.5 Å². The van der Waals surface area contributed by atoms with Crippen molar-refractivity contribution < 1.29 is 23.9 Å². The molecule has 0 saturated heterocycles. The molecule has 0 fully saturated rings. The lowest BCUT2D eigenvalue weighted by molar-refractivity contribution is -0.151. The van der Waals surface area contributed by atoms with Crippen molar-refractivity contribution in [3.05, 3.63) is 23.8 Å². The van der Waals surface area contributed by atoms with Crippen LogP contribution in [0.15, 0.2) is 18.2 Å². The fourth-order valence-corrected chi connectivity index (χ4v) is 1.96. The molecule has 1 aliphatic heterocycles. The molecule has 8 nitrogen and oxygen atoms in total. The van der Waals surface area contributed by atoms with E-state index in [-0.39, 0.29) is 26.4 Å². The molecule has 1 aliphatic rings. The quantitative estimate of drug-likeness (QED) is 0.716. The first-order valence-electron chi connectivity index (χ1n) is 6.71. The Balaban J connectivity index is 1.94. The summed E-state index contributed by atoms with van der Waals surface area (Å²) in [5.41, 5.74) is 6.07. The molecule has 3 amide bonds. The van der Waals surface area contributed by atoms with Crippen molar-refractivity contribution in [1.82, 2.24) is 10.2 Å². The summed E-state index contributed by atoms with van der Waals surface area (Å²) in [6, 6.07) is 5.19. The third-order valence-corrected chi connectivity index (χ3v) is 3.06. The molecule has 0 bridgehead atoms. The van der Waals surface area contributed by atoms with E-state index in [4.69, 9.17) is 15.2 Å². The molecule has 0 aromatic heterocycles. The van der Waals surface area contributed by atoms with Crippen molar-refractivity contribution in [2.75, 3.05) is 19.9 Å². The van der Waals surface area contributed by atoms with Crippen molar-refractivity contribution in [2.24, 2.45) is 5.73 Å². The second kappa shape index (κ2) is 6.90. The highest BCUT2D eigenvalue weighted by Gasteiger charge is 2.24.